The molecule has 0 aliphatic carbocycles. The molecule has 6 rings (SSSR count). The fraction of sp³-hybridized carbons (Fsp3) is 0.200. The average Bonchev–Trinajstić information content (AvgIpc) is 3.92. The third kappa shape index (κ3) is 10.8. The molecule has 15 nitrogen and oxygen atoms in total. The van der Waals surface area contributed by atoms with E-state index < -0.39 is 40.5 Å². The number of anilines is 4. The summed E-state index contributed by atoms with van der Waals surface area (Å²) in [5, 5.41) is 21.2. The molecule has 0 aliphatic rings. The van der Waals surface area contributed by atoms with E-state index in [9.17, 15) is 51.0 Å². The number of H-pyrrole nitrogens is 2. The molecule has 4 aromatic carbocycles. The molecular weight excluding hydrogens is 847 g/mol. The van der Waals surface area contributed by atoms with Crippen LogP contribution in [0.4, 0.5) is 69.8 Å². The number of nitro groups is 1. The maximum atomic E-state index is 13.8. The lowest BCUT2D eigenvalue weighted by Crippen LogP contribution is -2.51. The van der Waals surface area contributed by atoms with Gasteiger partial charge in [-0.15, -0.1) is 21.1 Å². The van der Waals surface area contributed by atoms with Crippen LogP contribution in [0, 0.1) is 15.0 Å². The van der Waals surface area contributed by atoms with Crippen molar-refractivity contribution in [3.63, 3.8) is 0 Å². The molecule has 0 spiro atoms. The Bertz CT molecular complexity index is 2600. The molecule has 4 N–H and O–H groups in total. The van der Waals surface area contributed by atoms with E-state index in [0.717, 1.165) is 57.5 Å². The Morgan fingerprint density at radius 1 is 0.823 bits per heavy atom. The Morgan fingerprint density at radius 3 is 1.98 bits per heavy atom. The second kappa shape index (κ2) is 18.2. The largest absolute Gasteiger partial charge is 0.416 e. The van der Waals surface area contributed by atoms with Crippen LogP contribution in [0.25, 0.3) is 22.5 Å². The third-order valence-corrected chi connectivity index (χ3v) is 10.2. The number of alkyl halides is 6. The molecule has 4 amide bonds. The highest BCUT2D eigenvalue weighted by molar-refractivity contribution is 7.14. The normalized spacial score (nSPS) is 11.8. The second-order valence-electron chi connectivity index (χ2n) is 14.3. The summed E-state index contributed by atoms with van der Waals surface area (Å²) in [6, 6.07) is 18.5. The Balaban J connectivity index is 1.15. The first-order chi connectivity index (χ1) is 29.3. The lowest BCUT2D eigenvalue weighted by atomic mass is 10.1. The van der Waals surface area contributed by atoms with Crippen LogP contribution in [0.1, 0.15) is 11.1 Å². The summed E-state index contributed by atoms with van der Waals surface area (Å²) in [6.07, 6.45) is -7.95. The maximum Gasteiger partial charge on any atom is 0.416 e. The molecule has 2 aromatic heterocycles. The Morgan fingerprint density at radius 2 is 1.39 bits per heavy atom. The predicted molar refractivity (Wildman–Crippen MR) is 218 cm³/mol. The molecule has 62 heavy (non-hydrogen) atoms. The molecule has 2 heterocycles. The Hall–Kier alpha value is -7.20. The Kier molecular flexibility index (Phi) is 13.0. The maximum absolute atomic E-state index is 13.8. The smallest absolute Gasteiger partial charge is 0.332 e. The lowest BCUT2D eigenvalue weighted by Gasteiger charge is -2.30. The molecule has 0 unspecified atom stereocenters. The number of aromatic nitrogens is 3. The number of nitro benzene ring substituents is 1. The molecule has 0 atom stereocenters. The number of likely N-dealkylation sites (N-methyl/N-ethyl adjacent to an activating group) is 1. The van der Waals surface area contributed by atoms with E-state index in [1.807, 2.05) is 0 Å². The molecule has 6 aromatic rings. The van der Waals surface area contributed by atoms with Crippen LogP contribution >= 0.6 is 11.3 Å². The van der Waals surface area contributed by atoms with Gasteiger partial charge in [0.05, 0.1) is 67.7 Å². The van der Waals surface area contributed by atoms with Gasteiger partial charge in [-0.25, -0.2) is 29.4 Å². The van der Waals surface area contributed by atoms with Gasteiger partial charge in [0.2, 0.25) is 0 Å². The highest BCUT2D eigenvalue weighted by atomic mass is 32.1. The van der Waals surface area contributed by atoms with E-state index in [1.165, 1.54) is 54.0 Å². The van der Waals surface area contributed by atoms with Gasteiger partial charge in [0.25, 0.3) is 5.69 Å². The number of nitrogens with one attached hydrogen (secondary N) is 4. The van der Waals surface area contributed by atoms with Crippen molar-refractivity contribution in [2.75, 3.05) is 50.1 Å². The topological polar surface area (TPSA) is 180 Å². The van der Waals surface area contributed by atoms with Gasteiger partial charge < -0.3 is 15.1 Å². The van der Waals surface area contributed by atoms with Gasteiger partial charge in [-0.3, -0.25) is 10.1 Å². The lowest BCUT2D eigenvalue weighted by molar-refractivity contribution is -0.887. The number of benzene rings is 4. The van der Waals surface area contributed by atoms with Crippen molar-refractivity contribution in [3.05, 3.63) is 135 Å². The van der Waals surface area contributed by atoms with Crippen LogP contribution in [0.2, 0.25) is 0 Å². The van der Waals surface area contributed by atoms with Crippen LogP contribution in [-0.4, -0.2) is 71.7 Å². The fourth-order valence-electron chi connectivity index (χ4n) is 6.13. The molecule has 0 saturated heterocycles. The molecular formula is C40H36F6N10O5S+2. The van der Waals surface area contributed by atoms with Crippen molar-refractivity contribution < 1.29 is 50.3 Å². The number of amides is 4. The van der Waals surface area contributed by atoms with E-state index in [0.29, 0.717) is 16.8 Å². The number of imidazole rings is 1. The monoisotopic (exact) mass is 882 g/mol. The number of rotatable bonds is 14. The summed E-state index contributed by atoms with van der Waals surface area (Å²) < 4.78 is 82.6. The van der Waals surface area contributed by atoms with Crippen molar-refractivity contribution in [2.24, 2.45) is 5.18 Å². The summed E-state index contributed by atoms with van der Waals surface area (Å²) in [4.78, 5) is 61.7. The van der Waals surface area contributed by atoms with E-state index >= 15 is 0 Å². The summed E-state index contributed by atoms with van der Waals surface area (Å²) in [7, 11) is 3.57. The SMILES string of the molecule is C[N+](C)(CCNC(=O)N(c1cccc(C(F)(F)F)c1)c1[nH]c(-c2cccc(N=O)c2)c[nH+]1)CCNC(=O)N(c1cccc(C(F)(F)F)c1)c1nc(-c2cccc([N+](=O)[O-])c2)cs1. The number of carbonyl (C=O) groups excluding carboxylic acids is 2. The van der Waals surface area contributed by atoms with E-state index in [4.69, 9.17) is 0 Å². The van der Waals surface area contributed by atoms with Crippen LogP contribution in [0.5, 0.6) is 0 Å². The first-order valence-corrected chi connectivity index (χ1v) is 19.3. The number of urea groups is 2. The van der Waals surface area contributed by atoms with Gasteiger partial charge in [-0.1, -0.05) is 36.4 Å². The average molecular weight is 883 g/mol. The minimum absolute atomic E-state index is 0.000473. The summed E-state index contributed by atoms with van der Waals surface area (Å²) in [5.41, 5.74) is -0.821. The van der Waals surface area contributed by atoms with Gasteiger partial charge in [-0.2, -0.15) is 26.3 Å². The number of nitroso groups, excluding NO2 is 1. The molecule has 0 radical (unpaired) electrons. The van der Waals surface area contributed by atoms with Gasteiger partial charge in [0, 0.05) is 28.6 Å². The first kappa shape index (κ1) is 44.4. The van der Waals surface area contributed by atoms with E-state index in [-0.39, 0.29) is 70.2 Å². The number of quaternary nitrogens is 1. The first-order valence-electron chi connectivity index (χ1n) is 18.4. The zero-order valence-electron chi connectivity index (χ0n) is 32.6. The zero-order chi connectivity index (χ0) is 44.8. The second-order valence-corrected chi connectivity index (χ2v) is 15.1. The molecule has 322 valence electrons. The third-order valence-electron chi connectivity index (χ3n) is 9.38. The van der Waals surface area contributed by atoms with Crippen LogP contribution in [0.3, 0.4) is 0 Å². The molecule has 0 bridgehead atoms. The van der Waals surface area contributed by atoms with Gasteiger partial charge in [-0.05, 0) is 53.7 Å². The quantitative estimate of drug-likeness (QED) is 0.0322. The number of aromatic amines is 2. The van der Waals surface area contributed by atoms with Gasteiger partial charge >= 0.3 is 30.4 Å². The number of thiazole rings is 1. The highest BCUT2D eigenvalue weighted by Gasteiger charge is 2.35. The van der Waals surface area contributed by atoms with Gasteiger partial charge in [0.1, 0.15) is 23.3 Å². The minimum Gasteiger partial charge on any atom is -0.332 e. The molecule has 0 fully saturated rings. The zero-order valence-corrected chi connectivity index (χ0v) is 33.4. The van der Waals surface area contributed by atoms with Crippen LogP contribution in [-0.2, 0) is 12.4 Å². The number of hydrogen-bond donors (Lipinski definition) is 3. The number of carbonyl (C=O) groups is 2. The van der Waals surface area contributed by atoms with Crippen LogP contribution in [0.15, 0.2) is 114 Å². The number of halogens is 6. The fourth-order valence-corrected chi connectivity index (χ4v) is 6.98. The number of nitrogens with zero attached hydrogens (tertiary/aromatic N) is 6. The molecule has 0 saturated carbocycles. The summed E-state index contributed by atoms with van der Waals surface area (Å²) in [6.45, 7) is 0.496. The molecule has 22 heteroatoms. The number of hydrogen-bond acceptors (Lipinski definition) is 8. The summed E-state index contributed by atoms with van der Waals surface area (Å²) >= 11 is 0.938. The predicted octanol–water partition coefficient (Wildman–Crippen LogP) is 9.44. The van der Waals surface area contributed by atoms with Crippen molar-refractivity contribution in [2.45, 2.75) is 12.4 Å². The van der Waals surface area contributed by atoms with E-state index in [2.05, 4.69) is 30.8 Å². The highest BCUT2D eigenvalue weighted by Crippen LogP contribution is 2.37. The van der Waals surface area contributed by atoms with Crippen molar-refractivity contribution >= 4 is 57.2 Å². The minimum atomic E-state index is -4.72. The molecule has 0 aliphatic heterocycles. The number of non-ortho nitro benzene ring substituents is 1. The van der Waals surface area contributed by atoms with Crippen LogP contribution < -0.4 is 25.4 Å². The summed E-state index contributed by atoms with van der Waals surface area (Å²) in [5.74, 6) is 0.000473. The van der Waals surface area contributed by atoms with Crippen molar-refractivity contribution in [1.29, 1.82) is 0 Å². The van der Waals surface area contributed by atoms with Gasteiger partial charge in [0.15, 0.2) is 5.13 Å². The Labute approximate surface area is 352 Å². The standard InChI is InChI=1S/C40H34F6N10O5S/c1-56(2,17-15-47-36(57)53(30-12-5-9-27(21-30)39(41,42)43)35-49-23-33(50-35)25-7-3-11-29(19-25)52-59)18-16-48-37(58)54(31-13-6-10-28(22-31)40(44,45)46)38-51-34(24-62-38)26-8-4-14-32(20-26)55(60)61/h3-14,19-24H,15-18H2,1-2H3,(H2-,47,48,49,50,57,58)/p+2. The van der Waals surface area contributed by atoms with Crippen molar-refractivity contribution in [3.8, 4) is 22.5 Å². The van der Waals surface area contributed by atoms with E-state index in [1.54, 1.807) is 32.3 Å². The van der Waals surface area contributed by atoms with Crippen molar-refractivity contribution in [1.82, 2.24) is 20.6 Å².